The number of fused-ring (bicyclic) bond motifs is 12. The second-order valence-corrected chi connectivity index (χ2v) is 29.0. The number of benzene rings is 8. The van der Waals surface area contributed by atoms with Crippen LogP contribution in [0.5, 0.6) is 0 Å². The molecule has 15 rings (SSSR count). The first-order chi connectivity index (χ1) is 38.0. The first kappa shape index (κ1) is 49.8. The molecule has 0 amide bonds. The van der Waals surface area contributed by atoms with Crippen LogP contribution in [0.1, 0.15) is 161 Å². The topological polar surface area (TPSA) is 24.6 Å². The highest BCUT2D eigenvalue weighted by Crippen LogP contribution is 2.56. The Hall–Kier alpha value is -7.24. The van der Waals surface area contributed by atoms with Crippen LogP contribution < -0.4 is 26.4 Å². The molecule has 5 heteroatoms. The van der Waals surface area contributed by atoms with Crippen molar-refractivity contribution in [2.45, 2.75) is 161 Å². The second-order valence-electron chi connectivity index (χ2n) is 29.0. The number of furan rings is 1. The fraction of sp³-hybridized carbons (Fsp3) is 0.333. The lowest BCUT2D eigenvalue weighted by Gasteiger charge is -2.46. The molecule has 400 valence electrons. The van der Waals surface area contributed by atoms with E-state index in [2.05, 4.69) is 256 Å². The highest BCUT2D eigenvalue weighted by molar-refractivity contribution is 7.00. The molecule has 0 fully saturated rings. The minimum atomic E-state index is -0.197. The number of para-hydroxylation sites is 2. The largest absolute Gasteiger partial charge is 0.468 e. The highest BCUT2D eigenvalue weighted by Gasteiger charge is 2.50. The van der Waals surface area contributed by atoms with Gasteiger partial charge >= 0.3 is 0 Å². The molecule has 5 aliphatic rings. The third kappa shape index (κ3) is 7.00. The second kappa shape index (κ2) is 16.5. The normalized spacial score (nSPS) is 19.3. The van der Waals surface area contributed by atoms with Gasteiger partial charge < -0.3 is 18.8 Å². The van der Waals surface area contributed by atoms with E-state index in [4.69, 9.17) is 4.42 Å². The number of rotatable bonds is 4. The molecular formula is C75H76BN3O. The lowest BCUT2D eigenvalue weighted by Crippen LogP contribution is -2.61. The predicted octanol–water partition coefficient (Wildman–Crippen LogP) is 18.6. The molecule has 3 aliphatic carbocycles. The van der Waals surface area contributed by atoms with Gasteiger partial charge in [-0.3, -0.25) is 0 Å². The van der Waals surface area contributed by atoms with Crippen LogP contribution in [0.2, 0.25) is 0 Å². The van der Waals surface area contributed by atoms with Gasteiger partial charge in [-0.05, 0) is 206 Å². The third-order valence-electron chi connectivity index (χ3n) is 21.0. The number of nitrogens with zero attached hydrogens (tertiary/aromatic N) is 3. The van der Waals surface area contributed by atoms with Crippen molar-refractivity contribution < 1.29 is 4.42 Å². The lowest BCUT2D eigenvalue weighted by atomic mass is 9.35. The molecule has 10 aromatic rings. The van der Waals surface area contributed by atoms with E-state index in [1.807, 2.05) is 0 Å². The minimum Gasteiger partial charge on any atom is -0.468 e. The average Bonchev–Trinajstić information content (AvgIpc) is 4.13. The first-order valence-corrected chi connectivity index (χ1v) is 29.9. The van der Waals surface area contributed by atoms with E-state index in [1.165, 1.54) is 129 Å². The molecule has 2 aliphatic heterocycles. The Kier molecular flexibility index (Phi) is 10.2. The van der Waals surface area contributed by atoms with Crippen LogP contribution in [-0.4, -0.2) is 11.3 Å². The first-order valence-electron chi connectivity index (χ1n) is 29.9. The zero-order valence-electron chi connectivity index (χ0n) is 49.5. The van der Waals surface area contributed by atoms with Gasteiger partial charge in [0, 0.05) is 50.2 Å². The summed E-state index contributed by atoms with van der Waals surface area (Å²) < 4.78 is 10.3. The van der Waals surface area contributed by atoms with Crippen LogP contribution in [-0.2, 0) is 32.5 Å². The molecule has 0 N–H and O–H groups in total. The molecule has 0 atom stereocenters. The summed E-state index contributed by atoms with van der Waals surface area (Å²) in [5.41, 5.74) is 27.9. The van der Waals surface area contributed by atoms with Crippen molar-refractivity contribution in [3.05, 3.63) is 191 Å². The predicted molar refractivity (Wildman–Crippen MR) is 341 cm³/mol. The Morgan fingerprint density at radius 2 is 0.900 bits per heavy atom. The maximum Gasteiger partial charge on any atom is 0.297 e. The highest BCUT2D eigenvalue weighted by atomic mass is 16.3. The summed E-state index contributed by atoms with van der Waals surface area (Å²) in [4.78, 5) is 5.35. The molecule has 0 saturated heterocycles. The molecule has 0 unspecified atom stereocenters. The molecule has 4 heterocycles. The van der Waals surface area contributed by atoms with Gasteiger partial charge in [0.1, 0.15) is 5.58 Å². The summed E-state index contributed by atoms with van der Waals surface area (Å²) in [5, 5.41) is 3.72. The van der Waals surface area contributed by atoms with Gasteiger partial charge in [-0.1, -0.05) is 162 Å². The standard InChI is InChI=1S/C75H76BN3O/c1-45-37-64-67-65(38-45)79(62-43-57-55(72(6,7)33-35-74(57,10)11)41-51(62)46-21-15-14-16-22-46)63-40-48(77-60-25-19-17-23-49(60)50-24-18-20-26-61(50)77)28-30-59(63)76(67)69-68(52-42-56-58(44-66(52)80-69)75(12,13)36-34-73(56,8)9)78(64)47-27-29-53-54(39-47)71(4,5)32-31-70(53,2)3/h14-30,37-44H,31-36H2,1-13H3. The van der Waals surface area contributed by atoms with Crippen LogP contribution in [0, 0.1) is 6.92 Å². The summed E-state index contributed by atoms with van der Waals surface area (Å²) in [6.07, 6.45) is 6.88. The summed E-state index contributed by atoms with van der Waals surface area (Å²) in [6.45, 7) is 31.6. The van der Waals surface area contributed by atoms with Gasteiger partial charge in [0.15, 0.2) is 0 Å². The van der Waals surface area contributed by atoms with Gasteiger partial charge in [-0.25, -0.2) is 0 Å². The fourth-order valence-electron chi connectivity index (χ4n) is 15.9. The lowest BCUT2D eigenvalue weighted by molar-refractivity contribution is 0.332. The van der Waals surface area contributed by atoms with Crippen LogP contribution in [0.15, 0.2) is 156 Å². The Bertz CT molecular complexity index is 4240. The van der Waals surface area contributed by atoms with E-state index in [0.717, 1.165) is 49.0 Å². The number of aromatic nitrogens is 1. The molecular weight excluding hydrogens is 970 g/mol. The SMILES string of the molecule is Cc1cc2c3c(c1)N(c1ccc4c(c1)C(C)(C)CCC4(C)C)c1c(oc4cc5c(cc14)C(C)(C)CCC5(C)C)B3c1ccc(-n3c4ccccc4c4ccccc43)cc1N2c1cc2c(cc1-c1ccccc1)C(C)(C)CCC2(C)C. The van der Waals surface area contributed by atoms with E-state index in [9.17, 15) is 0 Å². The van der Waals surface area contributed by atoms with Crippen molar-refractivity contribution >= 4 is 90.2 Å². The van der Waals surface area contributed by atoms with Crippen LogP contribution >= 0.6 is 0 Å². The number of hydrogen-bond donors (Lipinski definition) is 0. The number of aryl methyl sites for hydroxylation is 1. The van der Waals surface area contributed by atoms with E-state index >= 15 is 0 Å². The Balaban J connectivity index is 1.09. The zero-order chi connectivity index (χ0) is 55.4. The molecule has 0 saturated carbocycles. The van der Waals surface area contributed by atoms with Gasteiger partial charge in [0.2, 0.25) is 0 Å². The Labute approximate surface area is 474 Å². The zero-order valence-corrected chi connectivity index (χ0v) is 49.5. The van der Waals surface area contributed by atoms with E-state index in [0.29, 0.717) is 0 Å². The van der Waals surface area contributed by atoms with Gasteiger partial charge in [-0.2, -0.15) is 0 Å². The van der Waals surface area contributed by atoms with Crippen LogP contribution in [0.4, 0.5) is 34.1 Å². The fourth-order valence-corrected chi connectivity index (χ4v) is 15.9. The van der Waals surface area contributed by atoms with Crippen LogP contribution in [0.25, 0.3) is 49.6 Å². The minimum absolute atomic E-state index is 0.0159. The van der Waals surface area contributed by atoms with E-state index < -0.39 is 0 Å². The molecule has 2 aromatic heterocycles. The molecule has 0 spiro atoms. The van der Waals surface area contributed by atoms with Crippen LogP contribution in [0.3, 0.4) is 0 Å². The smallest absolute Gasteiger partial charge is 0.297 e. The van der Waals surface area contributed by atoms with Crippen molar-refractivity contribution in [1.29, 1.82) is 0 Å². The van der Waals surface area contributed by atoms with Gasteiger partial charge in [0.05, 0.1) is 28.1 Å². The maximum absolute atomic E-state index is 7.80. The molecule has 80 heavy (non-hydrogen) atoms. The average molecular weight is 1050 g/mol. The summed E-state index contributed by atoms with van der Waals surface area (Å²) in [7, 11) is 0. The van der Waals surface area contributed by atoms with Crippen molar-refractivity contribution in [1.82, 2.24) is 4.57 Å². The summed E-state index contributed by atoms with van der Waals surface area (Å²) in [5.74, 6) is 0. The monoisotopic (exact) mass is 1050 g/mol. The molecule has 0 radical (unpaired) electrons. The van der Waals surface area contributed by atoms with Gasteiger partial charge in [-0.15, -0.1) is 0 Å². The maximum atomic E-state index is 7.80. The molecule has 4 nitrogen and oxygen atoms in total. The van der Waals surface area contributed by atoms with Gasteiger partial charge in [0.25, 0.3) is 6.71 Å². The number of anilines is 6. The van der Waals surface area contributed by atoms with E-state index in [1.54, 1.807) is 0 Å². The Morgan fingerprint density at radius 1 is 0.400 bits per heavy atom. The summed E-state index contributed by atoms with van der Waals surface area (Å²) in [6, 6.07) is 59.2. The quantitative estimate of drug-likeness (QED) is 0.164. The summed E-state index contributed by atoms with van der Waals surface area (Å²) >= 11 is 0. The van der Waals surface area contributed by atoms with Crippen molar-refractivity contribution in [2.75, 3.05) is 9.80 Å². The third-order valence-corrected chi connectivity index (χ3v) is 21.0. The molecule has 0 bridgehead atoms. The Morgan fingerprint density at radius 3 is 1.51 bits per heavy atom. The molecule has 8 aromatic carbocycles. The number of hydrogen-bond acceptors (Lipinski definition) is 3. The van der Waals surface area contributed by atoms with Crippen molar-refractivity contribution in [3.63, 3.8) is 0 Å². The van der Waals surface area contributed by atoms with E-state index in [-0.39, 0.29) is 39.2 Å². The van der Waals surface area contributed by atoms with Crippen molar-refractivity contribution in [2.24, 2.45) is 0 Å². The van der Waals surface area contributed by atoms with Crippen molar-refractivity contribution in [3.8, 4) is 16.8 Å².